The fourth-order valence-electron chi connectivity index (χ4n) is 4.54. The van der Waals surface area contributed by atoms with E-state index >= 15 is 0 Å². The molecule has 0 spiro atoms. The maximum atomic E-state index is 13.0. The average Bonchev–Trinajstić information content (AvgIpc) is 3.15. The van der Waals surface area contributed by atoms with Crippen molar-refractivity contribution in [2.24, 2.45) is 5.92 Å². The molecule has 8 heteroatoms. The Morgan fingerprint density at radius 3 is 2.87 bits per heavy atom. The summed E-state index contributed by atoms with van der Waals surface area (Å²) in [7, 11) is 0. The minimum absolute atomic E-state index is 0.00256. The standard InChI is InChI=1S/C23H31N3O5/c24-6-4-16-11-19(22-21(12-16)30-9-2-10-31-22)23(28)25-13-17-5-7-26(15-20(17)27)14-18-3-1-8-29-18/h11-12,17-18,20,27H,1-5,7-10,13-15H2,(H,25,28)/t17-,18?,20+/m0/s1. The van der Waals surface area contributed by atoms with Gasteiger partial charge in [0.1, 0.15) is 0 Å². The first kappa shape index (κ1) is 21.9. The van der Waals surface area contributed by atoms with Gasteiger partial charge in [0, 0.05) is 38.6 Å². The monoisotopic (exact) mass is 429 g/mol. The summed E-state index contributed by atoms with van der Waals surface area (Å²) in [6.45, 7) is 4.58. The molecular weight excluding hydrogens is 398 g/mol. The number of carbonyl (C=O) groups excluding carboxylic acids is 1. The molecule has 31 heavy (non-hydrogen) atoms. The molecule has 168 valence electrons. The summed E-state index contributed by atoms with van der Waals surface area (Å²) >= 11 is 0. The number of rotatable bonds is 6. The van der Waals surface area contributed by atoms with Gasteiger partial charge in [-0.3, -0.25) is 9.69 Å². The van der Waals surface area contributed by atoms with Crippen molar-refractivity contribution in [2.45, 2.75) is 44.3 Å². The van der Waals surface area contributed by atoms with Gasteiger partial charge in [-0.25, -0.2) is 0 Å². The van der Waals surface area contributed by atoms with Crippen LogP contribution in [0.1, 0.15) is 41.6 Å². The number of β-amino-alcohol motifs (C(OH)–C–C–N with tert-alkyl or cyclic N) is 1. The largest absolute Gasteiger partial charge is 0.490 e. The van der Waals surface area contributed by atoms with Gasteiger partial charge in [0.2, 0.25) is 0 Å². The van der Waals surface area contributed by atoms with Crippen molar-refractivity contribution >= 4 is 5.91 Å². The molecule has 0 aromatic heterocycles. The Balaban J connectivity index is 1.36. The van der Waals surface area contributed by atoms with E-state index < -0.39 is 6.10 Å². The number of nitrogens with one attached hydrogen (secondary N) is 1. The van der Waals surface area contributed by atoms with Crippen LogP contribution in [0, 0.1) is 17.2 Å². The van der Waals surface area contributed by atoms with Crippen LogP contribution in [-0.4, -0.2) is 74.1 Å². The second-order valence-corrected chi connectivity index (χ2v) is 8.58. The van der Waals surface area contributed by atoms with Crippen molar-refractivity contribution in [2.75, 3.05) is 46.0 Å². The zero-order chi connectivity index (χ0) is 21.6. The van der Waals surface area contributed by atoms with E-state index in [1.165, 1.54) is 0 Å². The van der Waals surface area contributed by atoms with Gasteiger partial charge in [0.05, 0.1) is 43.5 Å². The topological polar surface area (TPSA) is 104 Å². The third kappa shape index (κ3) is 5.48. The number of likely N-dealkylation sites (tertiary alicyclic amines) is 1. The molecule has 1 unspecified atom stereocenters. The lowest BCUT2D eigenvalue weighted by Gasteiger charge is -2.37. The highest BCUT2D eigenvalue weighted by Crippen LogP contribution is 2.35. The summed E-state index contributed by atoms with van der Waals surface area (Å²) < 4.78 is 17.2. The van der Waals surface area contributed by atoms with Crippen LogP contribution in [0.15, 0.2) is 12.1 Å². The van der Waals surface area contributed by atoms with Gasteiger partial charge >= 0.3 is 0 Å². The Kier molecular flexibility index (Phi) is 7.28. The van der Waals surface area contributed by atoms with E-state index in [-0.39, 0.29) is 24.3 Å². The molecule has 2 saturated heterocycles. The van der Waals surface area contributed by atoms with Crippen molar-refractivity contribution < 1.29 is 24.1 Å². The van der Waals surface area contributed by atoms with E-state index in [2.05, 4.69) is 16.3 Å². The Morgan fingerprint density at radius 2 is 2.10 bits per heavy atom. The molecule has 3 atom stereocenters. The number of fused-ring (bicyclic) bond motifs is 1. The molecule has 0 radical (unpaired) electrons. The number of carbonyl (C=O) groups is 1. The number of aliphatic hydroxyl groups excluding tert-OH is 1. The Labute approximate surface area is 183 Å². The molecule has 8 nitrogen and oxygen atoms in total. The van der Waals surface area contributed by atoms with Gasteiger partial charge in [-0.1, -0.05) is 0 Å². The predicted octanol–water partition coefficient (Wildman–Crippen LogP) is 1.51. The maximum absolute atomic E-state index is 13.0. The van der Waals surface area contributed by atoms with Crippen molar-refractivity contribution in [1.29, 1.82) is 5.26 Å². The molecule has 3 heterocycles. The fourth-order valence-corrected chi connectivity index (χ4v) is 4.54. The van der Waals surface area contributed by atoms with Crippen LogP contribution >= 0.6 is 0 Å². The number of hydrogen-bond donors (Lipinski definition) is 2. The molecule has 1 aromatic rings. The van der Waals surface area contributed by atoms with Crippen LogP contribution in [0.25, 0.3) is 0 Å². The number of amides is 1. The molecule has 0 aliphatic carbocycles. The van der Waals surface area contributed by atoms with Gasteiger partial charge in [-0.15, -0.1) is 0 Å². The number of piperidine rings is 1. The minimum Gasteiger partial charge on any atom is -0.490 e. The van der Waals surface area contributed by atoms with Crippen LogP contribution in [0.5, 0.6) is 11.5 Å². The lowest BCUT2D eigenvalue weighted by atomic mass is 9.93. The maximum Gasteiger partial charge on any atom is 0.255 e. The molecule has 1 aromatic carbocycles. The zero-order valence-electron chi connectivity index (χ0n) is 17.8. The second-order valence-electron chi connectivity index (χ2n) is 8.58. The van der Waals surface area contributed by atoms with E-state index in [9.17, 15) is 9.90 Å². The third-order valence-corrected chi connectivity index (χ3v) is 6.25. The Hall–Kier alpha value is -2.34. The van der Waals surface area contributed by atoms with Gasteiger partial charge in [-0.05, 0) is 43.5 Å². The summed E-state index contributed by atoms with van der Waals surface area (Å²) in [4.78, 5) is 15.3. The molecular formula is C23H31N3O5. The van der Waals surface area contributed by atoms with E-state index in [4.69, 9.17) is 19.5 Å². The summed E-state index contributed by atoms with van der Waals surface area (Å²) in [6, 6.07) is 5.59. The van der Waals surface area contributed by atoms with E-state index in [1.807, 2.05) is 0 Å². The fraction of sp³-hybridized carbons (Fsp3) is 0.652. The highest BCUT2D eigenvalue weighted by atomic mass is 16.5. The van der Waals surface area contributed by atoms with E-state index in [0.717, 1.165) is 50.9 Å². The molecule has 2 N–H and O–H groups in total. The van der Waals surface area contributed by atoms with Crippen molar-refractivity contribution in [1.82, 2.24) is 10.2 Å². The van der Waals surface area contributed by atoms with Crippen LogP contribution in [0.3, 0.4) is 0 Å². The smallest absolute Gasteiger partial charge is 0.255 e. The van der Waals surface area contributed by atoms with Gasteiger partial charge in [-0.2, -0.15) is 5.26 Å². The quantitative estimate of drug-likeness (QED) is 0.706. The Morgan fingerprint density at radius 1 is 1.23 bits per heavy atom. The Bertz CT molecular complexity index is 818. The highest BCUT2D eigenvalue weighted by molar-refractivity contribution is 5.98. The normalized spacial score (nSPS) is 26.1. The number of hydrogen-bond acceptors (Lipinski definition) is 7. The number of nitriles is 1. The van der Waals surface area contributed by atoms with Crippen LogP contribution in [0.4, 0.5) is 0 Å². The van der Waals surface area contributed by atoms with Gasteiger partial charge < -0.3 is 24.6 Å². The molecule has 4 rings (SSSR count). The summed E-state index contributed by atoms with van der Waals surface area (Å²) in [6.07, 6.45) is 3.74. The average molecular weight is 430 g/mol. The summed E-state index contributed by atoms with van der Waals surface area (Å²) in [5.74, 6) is 0.680. The number of nitrogens with zero attached hydrogens (tertiary/aromatic N) is 2. The van der Waals surface area contributed by atoms with E-state index in [1.54, 1.807) is 12.1 Å². The van der Waals surface area contributed by atoms with Crippen LogP contribution < -0.4 is 14.8 Å². The lowest BCUT2D eigenvalue weighted by molar-refractivity contribution is -0.00191. The van der Waals surface area contributed by atoms with Crippen molar-refractivity contribution in [3.8, 4) is 17.6 Å². The second kappa shape index (κ2) is 10.3. The molecule has 3 aliphatic heterocycles. The SMILES string of the molecule is N#CCc1cc2c(c(C(=O)NC[C@@H]3CCN(CC4CCCO4)C[C@H]3O)c1)OCCCO2. The summed E-state index contributed by atoms with van der Waals surface area (Å²) in [5.41, 5.74) is 1.11. The first-order valence-corrected chi connectivity index (χ1v) is 11.2. The lowest BCUT2D eigenvalue weighted by Crippen LogP contribution is -2.49. The first-order valence-electron chi connectivity index (χ1n) is 11.2. The number of ether oxygens (including phenoxy) is 3. The molecule has 2 fully saturated rings. The molecule has 1 amide bonds. The number of benzene rings is 1. The highest BCUT2D eigenvalue weighted by Gasteiger charge is 2.30. The minimum atomic E-state index is -0.489. The van der Waals surface area contributed by atoms with Crippen molar-refractivity contribution in [3.05, 3.63) is 23.3 Å². The predicted molar refractivity (Wildman–Crippen MR) is 113 cm³/mol. The molecule has 0 bridgehead atoms. The van der Waals surface area contributed by atoms with Crippen LogP contribution in [0.2, 0.25) is 0 Å². The van der Waals surface area contributed by atoms with Gasteiger partial charge in [0.25, 0.3) is 5.91 Å². The third-order valence-electron chi connectivity index (χ3n) is 6.25. The summed E-state index contributed by atoms with van der Waals surface area (Å²) in [5, 5.41) is 22.7. The molecule has 0 saturated carbocycles. The van der Waals surface area contributed by atoms with Crippen LogP contribution in [-0.2, 0) is 11.2 Å². The van der Waals surface area contributed by atoms with Gasteiger partial charge in [0.15, 0.2) is 11.5 Å². The molecule has 3 aliphatic rings. The number of aliphatic hydroxyl groups is 1. The van der Waals surface area contributed by atoms with E-state index in [0.29, 0.717) is 43.4 Å². The van der Waals surface area contributed by atoms with Crippen molar-refractivity contribution in [3.63, 3.8) is 0 Å². The first-order chi connectivity index (χ1) is 15.1. The zero-order valence-corrected chi connectivity index (χ0v) is 17.8.